The van der Waals surface area contributed by atoms with Crippen LogP contribution in [0.1, 0.15) is 49.3 Å². The van der Waals surface area contributed by atoms with Gasteiger partial charge in [0.05, 0.1) is 29.5 Å². The summed E-state index contributed by atoms with van der Waals surface area (Å²) in [6.07, 6.45) is 14.1. The van der Waals surface area contributed by atoms with Gasteiger partial charge in [-0.05, 0) is 91.3 Å². The first-order valence-electron chi connectivity index (χ1n) is 14.8. The Morgan fingerprint density at radius 1 is 1.18 bits per heavy atom. The number of aromatic amines is 1. The molecule has 40 heavy (non-hydrogen) atoms. The molecule has 0 bridgehead atoms. The number of likely N-dealkylation sites (tertiary alicyclic amines) is 1. The Balaban J connectivity index is 1.23. The van der Waals surface area contributed by atoms with Gasteiger partial charge in [0, 0.05) is 47.8 Å². The monoisotopic (exact) mass is 527 g/mol. The summed E-state index contributed by atoms with van der Waals surface area (Å²) in [5.41, 5.74) is 10.6. The molecule has 4 unspecified atom stereocenters. The van der Waals surface area contributed by atoms with Gasteiger partial charge in [0.25, 0.3) is 0 Å². The number of imidazole rings is 1. The Morgan fingerprint density at radius 3 is 2.88 bits per heavy atom. The molecular weight excluding hydrogens is 494 g/mol. The molecule has 9 rings (SSSR count). The van der Waals surface area contributed by atoms with Gasteiger partial charge in [-0.25, -0.2) is 9.97 Å². The molecule has 0 radical (unpaired) electrons. The summed E-state index contributed by atoms with van der Waals surface area (Å²) in [5.74, 6) is 3.74. The molecule has 4 aliphatic rings. The summed E-state index contributed by atoms with van der Waals surface area (Å²) in [6.45, 7) is 8.77. The van der Waals surface area contributed by atoms with Crippen molar-refractivity contribution in [1.29, 1.82) is 0 Å². The molecule has 3 saturated carbocycles. The van der Waals surface area contributed by atoms with Crippen LogP contribution in [0.4, 0.5) is 0 Å². The van der Waals surface area contributed by atoms with Gasteiger partial charge in [0.15, 0.2) is 5.82 Å². The van der Waals surface area contributed by atoms with E-state index in [1.54, 1.807) is 0 Å². The maximum absolute atomic E-state index is 5.39. The van der Waals surface area contributed by atoms with Gasteiger partial charge >= 0.3 is 0 Å². The summed E-state index contributed by atoms with van der Waals surface area (Å²) in [5, 5.41) is 8.36. The smallest absolute Gasteiger partial charge is 0.158 e. The number of pyridine rings is 1. The Labute approximate surface area is 233 Å². The standard InChI is InChI=1S/C33H33N7/c1-3-22-9-24(19(2)38-18-26-10-25-13-28(38)30(25)26)11-27-31(22)40(17-21-14-35-36-15-21)33(37-27)29-12-23-5-4-8-34-32(23)39(29)16-20-6-7-20/h4-5,8-9,11-12,14-16,25-26,28,30H,2-3,6-7,10,13,17-18H2,1H3,(H,35,36). The van der Waals surface area contributed by atoms with Crippen LogP contribution in [-0.2, 0) is 13.0 Å². The van der Waals surface area contributed by atoms with Gasteiger partial charge in [-0.2, -0.15) is 5.10 Å². The average Bonchev–Trinajstić information content (AvgIpc) is 3.29. The fraction of sp³-hybridized carbons (Fsp3) is 0.364. The molecule has 5 aromatic rings. The van der Waals surface area contributed by atoms with Crippen molar-refractivity contribution in [2.45, 2.75) is 51.6 Å². The minimum atomic E-state index is 0.695. The van der Waals surface area contributed by atoms with Crippen LogP contribution < -0.4 is 0 Å². The van der Waals surface area contributed by atoms with E-state index in [0.717, 1.165) is 70.6 Å². The first kappa shape index (κ1) is 22.7. The average molecular weight is 528 g/mol. The Kier molecular flexibility index (Phi) is 4.64. The molecule has 1 saturated heterocycles. The van der Waals surface area contributed by atoms with Gasteiger partial charge in [0.2, 0.25) is 0 Å². The largest absolute Gasteiger partial charge is 0.368 e. The molecule has 7 nitrogen and oxygen atoms in total. The summed E-state index contributed by atoms with van der Waals surface area (Å²) in [7, 11) is 0. The number of benzene rings is 1. The van der Waals surface area contributed by atoms with E-state index in [-0.39, 0.29) is 0 Å². The van der Waals surface area contributed by atoms with Crippen LogP contribution in [0.15, 0.2) is 61.1 Å². The molecular formula is C33H33N7. The van der Waals surface area contributed by atoms with Crippen molar-refractivity contribution in [1.82, 2.24) is 34.2 Å². The van der Waals surface area contributed by atoms with E-state index in [0.29, 0.717) is 12.6 Å². The zero-order valence-electron chi connectivity index (χ0n) is 22.8. The molecule has 4 fully saturated rings. The third-order valence-electron chi connectivity index (χ3n) is 10.1. The summed E-state index contributed by atoms with van der Waals surface area (Å²) < 4.78 is 4.64. The highest BCUT2D eigenvalue weighted by Gasteiger charge is 2.60. The second-order valence-corrected chi connectivity index (χ2v) is 12.3. The number of allylic oxidation sites excluding steroid dienone is 1. The van der Waals surface area contributed by atoms with Crippen molar-refractivity contribution in [3.05, 3.63) is 77.8 Å². The summed E-state index contributed by atoms with van der Waals surface area (Å²) >= 11 is 0. The Bertz CT molecular complexity index is 1850. The lowest BCUT2D eigenvalue weighted by atomic mass is 9.53. The molecule has 0 amide bonds. The third-order valence-corrected chi connectivity index (χ3v) is 10.1. The Morgan fingerprint density at radius 2 is 2.10 bits per heavy atom. The molecule has 1 aromatic carbocycles. The normalized spacial score (nSPS) is 24.3. The molecule has 3 aliphatic carbocycles. The van der Waals surface area contributed by atoms with Crippen molar-refractivity contribution >= 4 is 34.0 Å². The number of H-pyrrole nitrogens is 1. The highest BCUT2D eigenvalue weighted by atomic mass is 15.2. The Hall–Kier alpha value is -4.13. The molecule has 7 heteroatoms. The fourth-order valence-corrected chi connectivity index (χ4v) is 7.87. The van der Waals surface area contributed by atoms with E-state index >= 15 is 0 Å². The second kappa shape index (κ2) is 8.19. The number of aromatic nitrogens is 6. The van der Waals surface area contributed by atoms with Crippen LogP contribution in [0.2, 0.25) is 0 Å². The summed E-state index contributed by atoms with van der Waals surface area (Å²) in [4.78, 5) is 12.8. The molecule has 4 aromatic heterocycles. The van der Waals surface area contributed by atoms with Crippen LogP contribution >= 0.6 is 0 Å². The highest BCUT2D eigenvalue weighted by molar-refractivity contribution is 5.91. The first-order valence-corrected chi connectivity index (χ1v) is 14.8. The van der Waals surface area contributed by atoms with E-state index in [4.69, 9.17) is 9.97 Å². The lowest BCUT2D eigenvalue weighted by Gasteiger charge is -2.53. The van der Waals surface area contributed by atoms with Gasteiger partial charge in [-0.3, -0.25) is 9.67 Å². The van der Waals surface area contributed by atoms with Gasteiger partial charge in [0.1, 0.15) is 5.65 Å². The van der Waals surface area contributed by atoms with Crippen molar-refractivity contribution in [2.75, 3.05) is 6.54 Å². The molecule has 5 heterocycles. The maximum atomic E-state index is 5.39. The van der Waals surface area contributed by atoms with Crippen LogP contribution in [0.3, 0.4) is 0 Å². The third kappa shape index (κ3) is 3.20. The lowest BCUT2D eigenvalue weighted by Crippen LogP contribution is -2.52. The topological polar surface area (TPSA) is 67.6 Å². The number of hydrogen-bond acceptors (Lipinski definition) is 4. The van der Waals surface area contributed by atoms with Crippen LogP contribution in [0.25, 0.3) is 45.5 Å². The molecule has 1 aliphatic heterocycles. The SMILES string of the molecule is C=C(c1cc(CC)c2c(c1)nc(-c1cc3cccnc3n1C=C1CC1)n2Cc1cn[nH]c1)N1CC2CC3CC1C32. The van der Waals surface area contributed by atoms with Crippen LogP contribution in [0.5, 0.6) is 0 Å². The molecule has 0 spiro atoms. The zero-order valence-corrected chi connectivity index (χ0v) is 22.8. The molecule has 1 N–H and O–H groups in total. The zero-order chi connectivity index (χ0) is 26.5. The predicted octanol–water partition coefficient (Wildman–Crippen LogP) is 6.33. The second-order valence-electron chi connectivity index (χ2n) is 12.3. The molecule has 4 atom stereocenters. The number of fused-ring (bicyclic) bond motifs is 2. The first-order chi connectivity index (χ1) is 19.7. The number of aryl methyl sites for hydroxylation is 1. The highest BCUT2D eigenvalue weighted by Crippen LogP contribution is 2.62. The van der Waals surface area contributed by atoms with Crippen LogP contribution in [-0.4, -0.2) is 46.8 Å². The van der Waals surface area contributed by atoms with Gasteiger partial charge in [-0.15, -0.1) is 0 Å². The van der Waals surface area contributed by atoms with E-state index in [1.165, 1.54) is 47.3 Å². The van der Waals surface area contributed by atoms with E-state index in [2.05, 4.69) is 68.2 Å². The number of rotatable bonds is 7. The minimum Gasteiger partial charge on any atom is -0.368 e. The van der Waals surface area contributed by atoms with Crippen molar-refractivity contribution < 1.29 is 0 Å². The minimum absolute atomic E-state index is 0.695. The number of nitrogens with one attached hydrogen (secondary N) is 1. The van der Waals surface area contributed by atoms with E-state index in [9.17, 15) is 0 Å². The fourth-order valence-electron chi connectivity index (χ4n) is 7.87. The quantitative estimate of drug-likeness (QED) is 0.269. The van der Waals surface area contributed by atoms with Crippen LogP contribution in [0, 0.1) is 17.8 Å². The predicted molar refractivity (Wildman–Crippen MR) is 158 cm³/mol. The van der Waals surface area contributed by atoms with Crippen molar-refractivity contribution in [2.24, 2.45) is 17.8 Å². The number of nitrogens with zero attached hydrogens (tertiary/aromatic N) is 6. The number of hydrogen-bond donors (Lipinski definition) is 1. The van der Waals surface area contributed by atoms with E-state index in [1.807, 2.05) is 24.7 Å². The summed E-state index contributed by atoms with van der Waals surface area (Å²) in [6, 6.07) is 11.8. The van der Waals surface area contributed by atoms with Gasteiger partial charge < -0.3 is 9.47 Å². The van der Waals surface area contributed by atoms with E-state index < -0.39 is 0 Å². The lowest BCUT2D eigenvalue weighted by molar-refractivity contribution is -0.0151. The molecule has 200 valence electrons. The van der Waals surface area contributed by atoms with Crippen molar-refractivity contribution in [3.63, 3.8) is 0 Å². The van der Waals surface area contributed by atoms with Crippen molar-refractivity contribution in [3.8, 4) is 11.5 Å². The maximum Gasteiger partial charge on any atom is 0.158 e. The van der Waals surface area contributed by atoms with Gasteiger partial charge in [-0.1, -0.05) is 19.1 Å².